The molecule has 1 atom stereocenters. The van der Waals surface area contributed by atoms with Crippen molar-refractivity contribution in [2.24, 2.45) is 0 Å². The monoisotopic (exact) mass is 381 g/mol. The van der Waals surface area contributed by atoms with Crippen LogP contribution in [0.4, 0.5) is 0 Å². The van der Waals surface area contributed by atoms with Crippen molar-refractivity contribution in [2.45, 2.75) is 51.0 Å². The summed E-state index contributed by atoms with van der Waals surface area (Å²) in [6.07, 6.45) is 3.74. The quantitative estimate of drug-likeness (QED) is 0.750. The number of hydrogen-bond acceptors (Lipinski definition) is 4. The number of hydrogen-bond donors (Lipinski definition) is 1. The van der Waals surface area contributed by atoms with Crippen molar-refractivity contribution in [2.75, 3.05) is 32.7 Å². The van der Waals surface area contributed by atoms with Crippen LogP contribution in [0.2, 0.25) is 0 Å². The van der Waals surface area contributed by atoms with E-state index in [1.54, 1.807) is 12.1 Å². The van der Waals surface area contributed by atoms with Crippen molar-refractivity contribution in [3.63, 3.8) is 0 Å². The first-order chi connectivity index (χ1) is 12.4. The molecule has 0 bridgehead atoms. The van der Waals surface area contributed by atoms with E-state index in [2.05, 4.69) is 17.1 Å². The predicted molar refractivity (Wildman–Crippen MR) is 104 cm³/mol. The van der Waals surface area contributed by atoms with Crippen LogP contribution in [0.25, 0.3) is 0 Å². The highest BCUT2D eigenvalue weighted by Gasteiger charge is 2.22. The smallest absolute Gasteiger partial charge is 0.251 e. The number of nitrogens with one attached hydrogen (secondary N) is 1. The lowest BCUT2D eigenvalue weighted by Crippen LogP contribution is -2.44. The molecule has 1 N–H and O–H groups in total. The van der Waals surface area contributed by atoms with Gasteiger partial charge in [-0.1, -0.05) is 20.3 Å². The highest BCUT2D eigenvalue weighted by molar-refractivity contribution is 7.89. The molecule has 1 fully saturated rings. The Labute approximate surface area is 157 Å². The fourth-order valence-corrected chi connectivity index (χ4v) is 4.78. The second-order valence-electron chi connectivity index (χ2n) is 6.77. The lowest BCUT2D eigenvalue weighted by Gasteiger charge is -2.32. The Morgan fingerprint density at radius 3 is 2.23 bits per heavy atom. The molecule has 26 heavy (non-hydrogen) atoms. The van der Waals surface area contributed by atoms with Crippen molar-refractivity contribution >= 4 is 15.9 Å². The van der Waals surface area contributed by atoms with Crippen LogP contribution in [0, 0.1) is 0 Å². The van der Waals surface area contributed by atoms with Crippen LogP contribution < -0.4 is 5.32 Å². The van der Waals surface area contributed by atoms with Gasteiger partial charge in [-0.25, -0.2) is 8.42 Å². The van der Waals surface area contributed by atoms with Gasteiger partial charge >= 0.3 is 0 Å². The summed E-state index contributed by atoms with van der Waals surface area (Å²) in [5.41, 5.74) is 0.481. The maximum atomic E-state index is 12.5. The summed E-state index contributed by atoms with van der Waals surface area (Å²) in [4.78, 5) is 15.0. The number of sulfonamides is 1. The molecular formula is C19H31N3O3S. The Kier molecular flexibility index (Phi) is 7.61. The molecule has 0 radical (unpaired) electrons. The number of amides is 1. The van der Waals surface area contributed by atoms with Crippen LogP contribution in [0.3, 0.4) is 0 Å². The van der Waals surface area contributed by atoms with Gasteiger partial charge < -0.3 is 5.32 Å². The Balaban J connectivity index is 1.96. The van der Waals surface area contributed by atoms with Gasteiger partial charge in [0.2, 0.25) is 10.0 Å². The van der Waals surface area contributed by atoms with E-state index in [-0.39, 0.29) is 10.8 Å². The van der Waals surface area contributed by atoms with Crippen molar-refractivity contribution in [1.29, 1.82) is 0 Å². The van der Waals surface area contributed by atoms with E-state index in [1.807, 2.05) is 13.8 Å². The molecule has 0 aliphatic carbocycles. The van der Waals surface area contributed by atoms with Crippen LogP contribution in [0.1, 0.15) is 50.4 Å². The van der Waals surface area contributed by atoms with Crippen LogP contribution in [-0.4, -0.2) is 62.3 Å². The zero-order chi connectivity index (χ0) is 19.2. The van der Waals surface area contributed by atoms with E-state index in [9.17, 15) is 13.2 Å². The van der Waals surface area contributed by atoms with Crippen molar-refractivity contribution in [1.82, 2.24) is 14.5 Å². The summed E-state index contributed by atoms with van der Waals surface area (Å²) in [5.74, 6) is -0.166. The van der Waals surface area contributed by atoms with E-state index >= 15 is 0 Å². The molecular weight excluding hydrogens is 350 g/mol. The van der Waals surface area contributed by atoms with Crippen molar-refractivity contribution in [3.05, 3.63) is 29.8 Å². The maximum Gasteiger partial charge on any atom is 0.251 e. The normalized spacial score (nSPS) is 17.2. The second kappa shape index (κ2) is 9.48. The Morgan fingerprint density at radius 2 is 1.69 bits per heavy atom. The second-order valence-corrected chi connectivity index (χ2v) is 8.71. The standard InChI is InChI=1S/C19H31N3O3S/c1-4-22(5-2)26(24,25)18-11-9-17(10-12-18)19(23)20-15-16(3)21-13-7-6-8-14-21/h9-12,16H,4-8,13-15H2,1-3H3,(H,20,23). The lowest BCUT2D eigenvalue weighted by molar-refractivity contribution is 0.0930. The van der Waals surface area contributed by atoms with Gasteiger partial charge in [0.25, 0.3) is 5.91 Å². The summed E-state index contributed by atoms with van der Waals surface area (Å²) < 4.78 is 26.4. The number of nitrogens with zero attached hydrogens (tertiary/aromatic N) is 2. The highest BCUT2D eigenvalue weighted by Crippen LogP contribution is 2.16. The Morgan fingerprint density at radius 1 is 1.12 bits per heavy atom. The predicted octanol–water partition coefficient (Wildman–Crippen LogP) is 2.32. The summed E-state index contributed by atoms with van der Waals surface area (Å²) >= 11 is 0. The third kappa shape index (κ3) is 5.05. The van der Waals surface area contributed by atoms with Crippen LogP contribution in [0.15, 0.2) is 29.2 Å². The average molecular weight is 382 g/mol. The van der Waals surface area contributed by atoms with Gasteiger partial charge in [-0.15, -0.1) is 0 Å². The van der Waals surface area contributed by atoms with Gasteiger partial charge in [0.15, 0.2) is 0 Å². The summed E-state index contributed by atoms with van der Waals surface area (Å²) in [5, 5.41) is 2.96. The molecule has 6 nitrogen and oxygen atoms in total. The largest absolute Gasteiger partial charge is 0.350 e. The van der Waals surface area contributed by atoms with Crippen molar-refractivity contribution < 1.29 is 13.2 Å². The molecule has 1 amide bonds. The minimum Gasteiger partial charge on any atom is -0.350 e. The number of carbonyl (C=O) groups excluding carboxylic acids is 1. The minimum atomic E-state index is -3.49. The van der Waals surface area contributed by atoms with Gasteiger partial charge in [-0.3, -0.25) is 9.69 Å². The van der Waals surface area contributed by atoms with E-state index in [1.165, 1.54) is 35.7 Å². The minimum absolute atomic E-state index is 0.166. The van der Waals surface area contributed by atoms with Gasteiger partial charge in [0.05, 0.1) is 4.90 Å². The van der Waals surface area contributed by atoms with Gasteiger partial charge in [-0.2, -0.15) is 4.31 Å². The van der Waals surface area contributed by atoms with E-state index in [4.69, 9.17) is 0 Å². The van der Waals surface area contributed by atoms with E-state index < -0.39 is 10.0 Å². The van der Waals surface area contributed by atoms with Gasteiger partial charge in [-0.05, 0) is 57.1 Å². The fourth-order valence-electron chi connectivity index (χ4n) is 3.32. The first-order valence-corrected chi connectivity index (χ1v) is 11.0. The third-order valence-electron chi connectivity index (χ3n) is 5.03. The topological polar surface area (TPSA) is 69.7 Å². The molecule has 1 aromatic rings. The fraction of sp³-hybridized carbons (Fsp3) is 0.632. The molecule has 0 spiro atoms. The molecule has 1 saturated heterocycles. The van der Waals surface area contributed by atoms with E-state index in [0.717, 1.165) is 13.1 Å². The molecule has 1 aliphatic rings. The van der Waals surface area contributed by atoms with Crippen LogP contribution in [-0.2, 0) is 10.0 Å². The number of rotatable bonds is 8. The van der Waals surface area contributed by atoms with Crippen molar-refractivity contribution in [3.8, 4) is 0 Å². The van der Waals surface area contributed by atoms with Crippen LogP contribution >= 0.6 is 0 Å². The SMILES string of the molecule is CCN(CC)S(=O)(=O)c1ccc(C(=O)NCC(C)N2CCCCC2)cc1. The molecule has 1 unspecified atom stereocenters. The zero-order valence-electron chi connectivity index (χ0n) is 16.1. The highest BCUT2D eigenvalue weighted by atomic mass is 32.2. The summed E-state index contributed by atoms with van der Waals surface area (Å²) in [6.45, 7) is 9.39. The number of likely N-dealkylation sites (tertiary alicyclic amines) is 1. The molecule has 0 aromatic heterocycles. The van der Waals surface area contributed by atoms with Crippen LogP contribution in [0.5, 0.6) is 0 Å². The Bertz CT molecular complexity index is 678. The van der Waals surface area contributed by atoms with Gasteiger partial charge in [0.1, 0.15) is 0 Å². The molecule has 1 aliphatic heterocycles. The summed E-state index contributed by atoms with van der Waals surface area (Å²) in [6, 6.07) is 6.49. The lowest BCUT2D eigenvalue weighted by atomic mass is 10.1. The zero-order valence-corrected chi connectivity index (χ0v) is 16.9. The third-order valence-corrected chi connectivity index (χ3v) is 7.10. The number of carbonyl (C=O) groups is 1. The van der Waals surface area contributed by atoms with Gasteiger partial charge in [0, 0.05) is 31.2 Å². The molecule has 0 saturated carbocycles. The Hall–Kier alpha value is -1.44. The molecule has 2 rings (SSSR count). The first-order valence-electron chi connectivity index (χ1n) is 9.52. The molecule has 146 valence electrons. The molecule has 1 heterocycles. The summed E-state index contributed by atoms with van der Waals surface area (Å²) in [7, 11) is -3.49. The molecule has 7 heteroatoms. The average Bonchev–Trinajstić information content (AvgIpc) is 2.67. The number of benzene rings is 1. The molecule has 1 aromatic carbocycles. The maximum absolute atomic E-state index is 12.5. The first kappa shape index (κ1) is 20.9. The van der Waals surface area contributed by atoms with E-state index in [0.29, 0.717) is 31.2 Å². The number of piperidine rings is 1.